The number of methoxy groups -OCH3 is 1. The van der Waals surface area contributed by atoms with Crippen LogP contribution >= 0.6 is 0 Å². The van der Waals surface area contributed by atoms with Crippen LogP contribution in [0.25, 0.3) is 0 Å². The molecule has 2 amide bonds. The summed E-state index contributed by atoms with van der Waals surface area (Å²) in [6, 6.07) is 2.87. The van der Waals surface area contributed by atoms with Crippen molar-refractivity contribution < 1.29 is 18.7 Å². The molecule has 2 rings (SSSR count). The topological polar surface area (TPSA) is 125 Å². The number of hydrogen-bond acceptors (Lipinski definition) is 9. The van der Waals surface area contributed by atoms with E-state index in [2.05, 4.69) is 42.7 Å². The first-order valence-electron chi connectivity index (χ1n) is 12.6. The van der Waals surface area contributed by atoms with Crippen LogP contribution in [-0.2, 0) is 14.3 Å². The van der Waals surface area contributed by atoms with Crippen LogP contribution in [0.4, 0.5) is 21.8 Å². The van der Waals surface area contributed by atoms with Crippen molar-refractivity contribution in [1.82, 2.24) is 30.1 Å². The first-order chi connectivity index (χ1) is 18.8. The summed E-state index contributed by atoms with van der Waals surface area (Å²) in [5, 5.41) is 9.01. The lowest BCUT2D eigenvalue weighted by molar-refractivity contribution is -0.131. The molecule has 0 aromatic carbocycles. The third kappa shape index (κ3) is 12.8. The molecule has 210 valence electrons. The van der Waals surface area contributed by atoms with Gasteiger partial charge in [0, 0.05) is 70.8 Å². The minimum atomic E-state index is -0.607. The highest BCUT2D eigenvalue weighted by atomic mass is 19.1. The van der Waals surface area contributed by atoms with Gasteiger partial charge in [-0.3, -0.25) is 9.59 Å². The average Bonchev–Trinajstić information content (AvgIpc) is 2.89. The predicted molar refractivity (Wildman–Crippen MR) is 149 cm³/mol. The number of pyridine rings is 1. The third-order valence-corrected chi connectivity index (χ3v) is 5.10. The highest BCUT2D eigenvalue weighted by Gasteiger charge is 2.10. The Balaban J connectivity index is 1.87. The molecule has 0 aliphatic rings. The van der Waals surface area contributed by atoms with Gasteiger partial charge in [0.1, 0.15) is 5.82 Å². The van der Waals surface area contributed by atoms with Gasteiger partial charge in [-0.05, 0) is 33.0 Å². The Morgan fingerprint density at radius 1 is 1.18 bits per heavy atom. The van der Waals surface area contributed by atoms with Crippen molar-refractivity contribution in [3.8, 4) is 11.8 Å². The van der Waals surface area contributed by atoms with E-state index in [9.17, 15) is 14.0 Å². The van der Waals surface area contributed by atoms with Gasteiger partial charge in [0.15, 0.2) is 0 Å². The highest BCUT2D eigenvalue weighted by Crippen LogP contribution is 2.17. The van der Waals surface area contributed by atoms with E-state index < -0.39 is 5.95 Å². The van der Waals surface area contributed by atoms with Crippen LogP contribution in [0, 0.1) is 17.8 Å². The zero-order valence-corrected chi connectivity index (χ0v) is 23.0. The summed E-state index contributed by atoms with van der Waals surface area (Å²) in [4.78, 5) is 39.8. The first-order valence-corrected chi connectivity index (χ1v) is 12.6. The normalized spacial score (nSPS) is 10.7. The molecule has 0 radical (unpaired) electrons. The van der Waals surface area contributed by atoms with Gasteiger partial charge in [0.2, 0.25) is 23.7 Å². The van der Waals surface area contributed by atoms with Gasteiger partial charge in [-0.15, -0.1) is 0 Å². The Labute approximate surface area is 229 Å². The maximum Gasteiger partial charge on any atom is 0.246 e. The SMILES string of the molecule is COCCCNc1nc(Nc2ccnc(F)c2)ncc1C#CCCCNC(=O)CN(C)C(=O)/C=C/CN(C)C. The second-order valence-electron chi connectivity index (χ2n) is 8.84. The van der Waals surface area contributed by atoms with Gasteiger partial charge in [-0.25, -0.2) is 9.97 Å². The van der Waals surface area contributed by atoms with Crippen LogP contribution in [0.1, 0.15) is 24.8 Å². The Morgan fingerprint density at radius 2 is 2.00 bits per heavy atom. The lowest BCUT2D eigenvalue weighted by Gasteiger charge is -2.14. The zero-order valence-electron chi connectivity index (χ0n) is 23.0. The number of nitrogens with one attached hydrogen (secondary N) is 3. The van der Waals surface area contributed by atoms with Crippen molar-refractivity contribution in [3.63, 3.8) is 0 Å². The molecule has 0 aliphatic heterocycles. The van der Waals surface area contributed by atoms with Gasteiger partial charge in [0.05, 0.1) is 18.3 Å². The number of carbonyl (C=O) groups excluding carboxylic acids is 2. The van der Waals surface area contributed by atoms with E-state index in [-0.39, 0.29) is 18.4 Å². The van der Waals surface area contributed by atoms with E-state index in [0.29, 0.717) is 62.1 Å². The van der Waals surface area contributed by atoms with Crippen molar-refractivity contribution in [3.05, 3.63) is 48.2 Å². The van der Waals surface area contributed by atoms with Crippen molar-refractivity contribution in [2.45, 2.75) is 19.3 Å². The molecule has 0 saturated carbocycles. The molecular formula is C27H37FN8O3. The highest BCUT2D eigenvalue weighted by molar-refractivity contribution is 5.91. The van der Waals surface area contributed by atoms with Crippen LogP contribution in [0.5, 0.6) is 0 Å². The number of nitrogens with zero attached hydrogens (tertiary/aromatic N) is 5. The van der Waals surface area contributed by atoms with Crippen LogP contribution < -0.4 is 16.0 Å². The minimum absolute atomic E-state index is 0.0151. The van der Waals surface area contributed by atoms with Gasteiger partial charge >= 0.3 is 0 Å². The number of aromatic nitrogens is 3. The number of halogens is 1. The van der Waals surface area contributed by atoms with E-state index in [1.807, 2.05) is 19.0 Å². The number of rotatable bonds is 15. The average molecular weight is 541 g/mol. The van der Waals surface area contributed by atoms with Crippen molar-refractivity contribution in [2.24, 2.45) is 0 Å². The van der Waals surface area contributed by atoms with E-state index >= 15 is 0 Å². The monoisotopic (exact) mass is 540 g/mol. The molecule has 2 heterocycles. The van der Waals surface area contributed by atoms with E-state index in [1.165, 1.54) is 23.2 Å². The molecule has 0 atom stereocenters. The van der Waals surface area contributed by atoms with Crippen LogP contribution in [0.2, 0.25) is 0 Å². The standard InChI is InChI=1S/C27H37FN8O3/c1-35(2)16-8-11-25(38)36(3)20-24(37)30-13-7-5-6-10-21-19-32-27(33-22-12-15-29-23(28)18-22)34-26(21)31-14-9-17-39-4/h8,11-12,15,18-19H,5,7,9,13-14,16-17,20H2,1-4H3,(H,30,37)(H2,29,31,32,33,34)/b11-8+. The predicted octanol–water partition coefficient (Wildman–Crippen LogP) is 2.03. The van der Waals surface area contributed by atoms with Gasteiger partial charge < -0.3 is 30.5 Å². The molecule has 0 saturated heterocycles. The molecule has 12 heteroatoms. The fraction of sp³-hybridized carbons (Fsp3) is 0.444. The lowest BCUT2D eigenvalue weighted by Crippen LogP contribution is -2.38. The third-order valence-electron chi connectivity index (χ3n) is 5.10. The number of carbonyl (C=O) groups is 2. The fourth-order valence-electron chi connectivity index (χ4n) is 3.10. The second kappa shape index (κ2) is 17.4. The smallest absolute Gasteiger partial charge is 0.246 e. The van der Waals surface area contributed by atoms with E-state index in [0.717, 1.165) is 6.42 Å². The second-order valence-corrected chi connectivity index (χ2v) is 8.84. The molecule has 0 unspecified atom stereocenters. The summed E-state index contributed by atoms with van der Waals surface area (Å²) >= 11 is 0. The van der Waals surface area contributed by atoms with Crippen LogP contribution in [-0.4, -0.2) is 97.6 Å². The lowest BCUT2D eigenvalue weighted by atomic mass is 10.2. The Kier molecular flexibility index (Phi) is 13.9. The largest absolute Gasteiger partial charge is 0.385 e. The molecule has 0 aliphatic carbocycles. The first kappa shape index (κ1) is 31.1. The molecule has 39 heavy (non-hydrogen) atoms. The maximum absolute atomic E-state index is 13.4. The zero-order chi connectivity index (χ0) is 28.5. The van der Waals surface area contributed by atoms with Gasteiger partial charge in [-0.1, -0.05) is 17.9 Å². The number of anilines is 3. The molecule has 0 bridgehead atoms. The number of amides is 2. The summed E-state index contributed by atoms with van der Waals surface area (Å²) in [5.41, 5.74) is 1.09. The number of ether oxygens (including phenoxy) is 1. The van der Waals surface area contributed by atoms with E-state index in [1.54, 1.807) is 32.5 Å². The quantitative estimate of drug-likeness (QED) is 0.135. The number of likely N-dealkylation sites (N-methyl/N-ethyl adjacent to an activating group) is 2. The molecule has 3 N–H and O–H groups in total. The van der Waals surface area contributed by atoms with Crippen molar-refractivity contribution >= 4 is 29.3 Å². The summed E-state index contributed by atoms with van der Waals surface area (Å²) in [6.07, 6.45) is 8.14. The molecule has 0 spiro atoms. The maximum atomic E-state index is 13.4. The number of unbranched alkanes of at least 4 members (excludes halogenated alkanes) is 1. The molecule has 11 nitrogen and oxygen atoms in total. The Bertz CT molecular complexity index is 1160. The summed E-state index contributed by atoms with van der Waals surface area (Å²) < 4.78 is 18.5. The Hall–Kier alpha value is -4.08. The van der Waals surface area contributed by atoms with Crippen molar-refractivity contribution in [2.75, 3.05) is 71.7 Å². The summed E-state index contributed by atoms with van der Waals surface area (Å²) in [5.74, 6) is 5.94. The molecule has 2 aromatic rings. The van der Waals surface area contributed by atoms with Crippen LogP contribution in [0.3, 0.4) is 0 Å². The fourth-order valence-corrected chi connectivity index (χ4v) is 3.10. The minimum Gasteiger partial charge on any atom is -0.385 e. The van der Waals surface area contributed by atoms with Gasteiger partial charge in [-0.2, -0.15) is 9.37 Å². The van der Waals surface area contributed by atoms with Crippen molar-refractivity contribution in [1.29, 1.82) is 0 Å². The summed E-state index contributed by atoms with van der Waals surface area (Å²) in [6.45, 7) is 2.30. The molecule has 0 fully saturated rings. The molecular weight excluding hydrogens is 503 g/mol. The van der Waals surface area contributed by atoms with Crippen LogP contribution in [0.15, 0.2) is 36.7 Å². The number of hydrogen-bond donors (Lipinski definition) is 3. The molecule has 2 aromatic heterocycles. The Morgan fingerprint density at radius 3 is 2.74 bits per heavy atom. The van der Waals surface area contributed by atoms with E-state index in [4.69, 9.17) is 4.74 Å². The summed E-state index contributed by atoms with van der Waals surface area (Å²) in [7, 11) is 7.05. The van der Waals surface area contributed by atoms with Gasteiger partial charge in [0.25, 0.3) is 0 Å².